The lowest BCUT2D eigenvalue weighted by Gasteiger charge is -2.03. The summed E-state index contributed by atoms with van der Waals surface area (Å²) in [7, 11) is 0. The van der Waals surface area contributed by atoms with E-state index in [1.54, 1.807) is 0 Å². The van der Waals surface area contributed by atoms with Gasteiger partial charge in [0.2, 0.25) is 6.08 Å². The van der Waals surface area contributed by atoms with Gasteiger partial charge in [0.1, 0.15) is 5.82 Å². The van der Waals surface area contributed by atoms with Crippen molar-refractivity contribution in [2.45, 2.75) is 6.43 Å². The smallest absolute Gasteiger partial charge is 0.211 e. The molecule has 13 heavy (non-hydrogen) atoms. The van der Waals surface area contributed by atoms with Crippen LogP contribution in [0.5, 0.6) is 0 Å². The predicted octanol–water partition coefficient (Wildman–Crippen LogP) is 2.73. The first-order valence-electron chi connectivity index (χ1n) is 3.31. The third-order valence-corrected chi connectivity index (χ3v) is 1.41. The maximum atomic E-state index is 12.8. The van der Waals surface area contributed by atoms with E-state index in [9.17, 15) is 18.0 Å². The van der Waals surface area contributed by atoms with Gasteiger partial charge in [0, 0.05) is 0 Å². The highest BCUT2D eigenvalue weighted by Crippen LogP contribution is 2.30. The summed E-state index contributed by atoms with van der Waals surface area (Å²) < 4.78 is 37.1. The first-order chi connectivity index (χ1) is 6.16. The number of rotatable bonds is 2. The van der Waals surface area contributed by atoms with Gasteiger partial charge < -0.3 is 0 Å². The van der Waals surface area contributed by atoms with Gasteiger partial charge in [-0.25, -0.2) is 18.0 Å². The molecule has 0 radical (unpaired) electrons. The molecule has 5 heteroatoms. The fraction of sp³-hybridized carbons (Fsp3) is 0.125. The predicted molar refractivity (Wildman–Crippen MR) is 39.1 cm³/mol. The monoisotopic (exact) mass is 187 g/mol. The standard InChI is InChI=1S/C8H4F3NO/c9-5-2-1-3-6(12-4-13)7(5)8(10)11/h1-3,8H. The molecule has 0 heterocycles. The Labute approximate surface area is 71.7 Å². The second kappa shape index (κ2) is 3.87. The third-order valence-electron chi connectivity index (χ3n) is 1.41. The zero-order valence-electron chi connectivity index (χ0n) is 6.30. The fourth-order valence-corrected chi connectivity index (χ4v) is 0.888. The average Bonchev–Trinajstić information content (AvgIpc) is 2.04. The normalized spacial score (nSPS) is 9.85. The molecule has 0 fully saturated rings. The largest absolute Gasteiger partial charge is 0.268 e. The second-order valence-electron chi connectivity index (χ2n) is 2.18. The Balaban J connectivity index is 3.33. The van der Waals surface area contributed by atoms with Gasteiger partial charge in [-0.3, -0.25) is 0 Å². The molecule has 0 bridgehead atoms. The van der Waals surface area contributed by atoms with E-state index >= 15 is 0 Å². The molecule has 0 aliphatic heterocycles. The molecule has 1 rings (SSSR count). The van der Waals surface area contributed by atoms with Crippen molar-refractivity contribution in [3.8, 4) is 0 Å². The number of benzene rings is 1. The van der Waals surface area contributed by atoms with E-state index in [1.165, 1.54) is 6.07 Å². The van der Waals surface area contributed by atoms with Crippen LogP contribution in [0.4, 0.5) is 18.9 Å². The Bertz CT molecular complexity index is 358. The summed E-state index contributed by atoms with van der Waals surface area (Å²) in [4.78, 5) is 12.8. The van der Waals surface area contributed by atoms with Crippen molar-refractivity contribution in [2.24, 2.45) is 4.99 Å². The molecule has 0 aliphatic carbocycles. The molecule has 0 saturated heterocycles. The topological polar surface area (TPSA) is 29.4 Å². The number of nitrogens with zero attached hydrogens (tertiary/aromatic N) is 1. The van der Waals surface area contributed by atoms with Gasteiger partial charge in [0.15, 0.2) is 0 Å². The molecule has 0 spiro atoms. The number of alkyl halides is 2. The summed E-state index contributed by atoms with van der Waals surface area (Å²) in [5.41, 5.74) is -1.25. The molecule has 1 aromatic carbocycles. The zero-order chi connectivity index (χ0) is 9.84. The van der Waals surface area contributed by atoms with Crippen molar-refractivity contribution in [1.82, 2.24) is 0 Å². The Kier molecular flexibility index (Phi) is 2.82. The van der Waals surface area contributed by atoms with Crippen LogP contribution in [0, 0.1) is 5.82 Å². The minimum Gasteiger partial charge on any atom is -0.211 e. The quantitative estimate of drug-likeness (QED) is 0.517. The minimum atomic E-state index is -2.99. The van der Waals surface area contributed by atoms with Crippen LogP contribution in [0.25, 0.3) is 0 Å². The molecule has 0 amide bonds. The minimum absolute atomic E-state index is 0.384. The molecule has 1 aromatic rings. The van der Waals surface area contributed by atoms with E-state index < -0.39 is 17.8 Å². The van der Waals surface area contributed by atoms with Crippen molar-refractivity contribution in [2.75, 3.05) is 0 Å². The Morgan fingerprint density at radius 3 is 2.62 bits per heavy atom. The van der Waals surface area contributed by atoms with E-state index in [-0.39, 0.29) is 5.69 Å². The highest BCUT2D eigenvalue weighted by molar-refractivity contribution is 5.54. The molecule has 68 valence electrons. The first-order valence-corrected chi connectivity index (χ1v) is 3.31. The number of carbonyl (C=O) groups excluding carboxylic acids is 1. The summed E-state index contributed by atoms with van der Waals surface area (Å²) in [6.07, 6.45) is -1.91. The number of aliphatic imine (C=N–C) groups is 1. The highest BCUT2D eigenvalue weighted by Gasteiger charge is 2.17. The molecule has 0 atom stereocenters. The Morgan fingerprint density at radius 2 is 2.08 bits per heavy atom. The lowest BCUT2D eigenvalue weighted by Crippen LogP contribution is -1.90. The van der Waals surface area contributed by atoms with E-state index in [0.717, 1.165) is 18.2 Å². The SMILES string of the molecule is O=C=Nc1cccc(F)c1C(F)F. The maximum Gasteiger partial charge on any atom is 0.268 e. The summed E-state index contributed by atoms with van der Waals surface area (Å²) in [6, 6.07) is 3.19. The van der Waals surface area contributed by atoms with Crippen molar-refractivity contribution in [1.29, 1.82) is 0 Å². The van der Waals surface area contributed by atoms with Gasteiger partial charge >= 0.3 is 0 Å². The molecule has 0 unspecified atom stereocenters. The molecule has 0 aliphatic rings. The Morgan fingerprint density at radius 1 is 1.38 bits per heavy atom. The molecular formula is C8H4F3NO. The van der Waals surface area contributed by atoms with Gasteiger partial charge in [0.25, 0.3) is 6.43 Å². The number of halogens is 3. The van der Waals surface area contributed by atoms with E-state index in [1.807, 2.05) is 0 Å². The van der Waals surface area contributed by atoms with Gasteiger partial charge in [-0.1, -0.05) is 6.07 Å². The summed E-state index contributed by atoms with van der Waals surface area (Å²) in [5, 5.41) is 0. The molecule has 0 N–H and O–H groups in total. The van der Waals surface area contributed by atoms with Crippen LogP contribution in [-0.2, 0) is 4.79 Å². The van der Waals surface area contributed by atoms with Crippen LogP contribution in [0.15, 0.2) is 23.2 Å². The van der Waals surface area contributed by atoms with Crippen molar-refractivity contribution >= 4 is 11.8 Å². The van der Waals surface area contributed by atoms with Crippen molar-refractivity contribution in [3.63, 3.8) is 0 Å². The summed E-state index contributed by atoms with van der Waals surface area (Å²) >= 11 is 0. The van der Waals surface area contributed by atoms with Crippen LogP contribution in [-0.4, -0.2) is 6.08 Å². The summed E-state index contributed by atoms with van der Waals surface area (Å²) in [6.45, 7) is 0. The molecule has 0 saturated carbocycles. The average molecular weight is 187 g/mol. The molecule has 0 aromatic heterocycles. The van der Waals surface area contributed by atoms with E-state index in [2.05, 4.69) is 4.99 Å². The van der Waals surface area contributed by atoms with Crippen LogP contribution in [0.3, 0.4) is 0 Å². The zero-order valence-corrected chi connectivity index (χ0v) is 6.30. The van der Waals surface area contributed by atoms with Crippen LogP contribution < -0.4 is 0 Å². The van der Waals surface area contributed by atoms with Crippen molar-refractivity contribution < 1.29 is 18.0 Å². The summed E-state index contributed by atoms with van der Waals surface area (Å²) in [5.74, 6) is -1.08. The maximum absolute atomic E-state index is 12.8. The van der Waals surface area contributed by atoms with Gasteiger partial charge in [-0.05, 0) is 12.1 Å². The van der Waals surface area contributed by atoms with Crippen LogP contribution in [0.1, 0.15) is 12.0 Å². The van der Waals surface area contributed by atoms with Crippen molar-refractivity contribution in [3.05, 3.63) is 29.6 Å². The van der Waals surface area contributed by atoms with Crippen LogP contribution in [0.2, 0.25) is 0 Å². The van der Waals surface area contributed by atoms with E-state index in [4.69, 9.17) is 0 Å². The van der Waals surface area contributed by atoms with Gasteiger partial charge in [-0.2, -0.15) is 4.99 Å². The number of hydrogen-bond donors (Lipinski definition) is 0. The first kappa shape index (κ1) is 9.48. The van der Waals surface area contributed by atoms with Crippen LogP contribution >= 0.6 is 0 Å². The number of hydrogen-bond acceptors (Lipinski definition) is 2. The highest BCUT2D eigenvalue weighted by atomic mass is 19.3. The molecular weight excluding hydrogens is 183 g/mol. The van der Waals surface area contributed by atoms with Gasteiger partial charge in [-0.15, -0.1) is 0 Å². The lowest BCUT2D eigenvalue weighted by molar-refractivity contribution is 0.147. The van der Waals surface area contributed by atoms with Gasteiger partial charge in [0.05, 0.1) is 11.3 Å². The Hall–Kier alpha value is -1.61. The third kappa shape index (κ3) is 1.95. The number of isocyanates is 1. The lowest BCUT2D eigenvalue weighted by atomic mass is 10.2. The van der Waals surface area contributed by atoms with E-state index in [0.29, 0.717) is 0 Å². The second-order valence-corrected chi connectivity index (χ2v) is 2.18. The molecule has 2 nitrogen and oxygen atoms in total. The fourth-order valence-electron chi connectivity index (χ4n) is 0.888.